The number of esters is 3. The third kappa shape index (κ3) is 6.18. The van der Waals surface area contributed by atoms with Gasteiger partial charge in [0.25, 0.3) is 0 Å². The first-order chi connectivity index (χ1) is 27.5. The average Bonchev–Trinajstić information content (AvgIpc) is 3.83. The Labute approximate surface area is 339 Å². The van der Waals surface area contributed by atoms with Crippen molar-refractivity contribution in [2.45, 2.75) is 122 Å². The molecule has 3 aliphatic carbocycles. The molecule has 2 aromatic rings. The van der Waals surface area contributed by atoms with E-state index in [1.165, 1.54) is 58.2 Å². The molecule has 2 aliphatic heterocycles. The van der Waals surface area contributed by atoms with Gasteiger partial charge in [-0.2, -0.15) is 0 Å². The quantitative estimate of drug-likeness (QED) is 0.170. The first-order valence-corrected chi connectivity index (χ1v) is 19.3. The molecule has 12 atom stereocenters. The van der Waals surface area contributed by atoms with Crippen LogP contribution in [0, 0.1) is 22.2 Å². The van der Waals surface area contributed by atoms with Crippen molar-refractivity contribution in [3.63, 3.8) is 0 Å². The summed E-state index contributed by atoms with van der Waals surface area (Å²) in [5, 5.41) is 38.5. The Hall–Kier alpha value is -5.10. The van der Waals surface area contributed by atoms with E-state index in [1.807, 2.05) is 0 Å². The fraction of sp³-hybridized carbons (Fsp3) is 0.571. The van der Waals surface area contributed by atoms with Crippen molar-refractivity contribution in [1.82, 2.24) is 5.32 Å². The van der Waals surface area contributed by atoms with Gasteiger partial charge in [-0.3, -0.25) is 14.4 Å². The summed E-state index contributed by atoms with van der Waals surface area (Å²) in [6.45, 7) is 11.5. The first-order valence-electron chi connectivity index (χ1n) is 19.3. The zero-order valence-electron chi connectivity index (χ0n) is 33.9. The number of furan rings is 1. The topological polar surface area (TPSA) is 244 Å². The number of ketones is 1. The Morgan fingerprint density at radius 1 is 0.983 bits per heavy atom. The third-order valence-corrected chi connectivity index (χ3v) is 13.0. The molecule has 1 aromatic heterocycles. The van der Waals surface area contributed by atoms with E-state index in [9.17, 15) is 39.3 Å². The number of ether oxygens (including phenoxy) is 6. The van der Waals surface area contributed by atoms with Gasteiger partial charge in [0, 0.05) is 24.2 Å². The molecule has 0 radical (unpaired) electrons. The highest BCUT2D eigenvalue weighted by Gasteiger charge is 2.83. The lowest BCUT2D eigenvalue weighted by Crippen LogP contribution is -2.83. The molecule has 1 aromatic carbocycles. The number of hydrogen-bond acceptors (Lipinski definition) is 16. The van der Waals surface area contributed by atoms with Crippen molar-refractivity contribution in [3.8, 4) is 0 Å². The number of Topliss-reactive ketones (excluding diaryl/α,β-unsaturated/α-hetero) is 1. The highest BCUT2D eigenvalue weighted by Crippen LogP contribution is 2.66. The highest BCUT2D eigenvalue weighted by atomic mass is 16.8. The maximum Gasteiger partial charge on any atom is 0.509 e. The molecule has 1 spiro atoms. The maximum atomic E-state index is 15.1. The molecule has 0 unspecified atom stereocenters. The summed E-state index contributed by atoms with van der Waals surface area (Å²) >= 11 is 0. The van der Waals surface area contributed by atoms with Crippen LogP contribution in [0.4, 0.5) is 4.79 Å². The number of rotatable bonds is 8. The molecule has 2 bridgehead atoms. The zero-order valence-corrected chi connectivity index (χ0v) is 33.9. The van der Waals surface area contributed by atoms with Gasteiger partial charge in [-0.1, -0.05) is 52.8 Å². The SMILES string of the molecule is CC(=O)O[C@@]12CO[C@@H]1C[C@H](O)[C@@]1(C)C(=O)[C@H](O)C3=C(C)[C@@H](OC(=O)[C@H](O)[C@@H](NC(=O)C(C)(C)C)c4ccco4)[C@@H]4OC(=O)O[C@]4([C@@H](OC(=O)c4ccccc4)[C@H]21)C3(C)C. The van der Waals surface area contributed by atoms with E-state index < -0.39 is 118 Å². The van der Waals surface area contributed by atoms with Crippen LogP contribution < -0.4 is 5.32 Å². The van der Waals surface area contributed by atoms with Crippen LogP contribution in [0.3, 0.4) is 0 Å². The Kier molecular flexibility index (Phi) is 10.2. The van der Waals surface area contributed by atoms with Gasteiger partial charge in [-0.25, -0.2) is 14.4 Å². The van der Waals surface area contributed by atoms with E-state index >= 15 is 4.79 Å². The molecule has 7 rings (SSSR count). The predicted octanol–water partition coefficient (Wildman–Crippen LogP) is 2.64. The maximum absolute atomic E-state index is 15.1. The second-order valence-electron chi connectivity index (χ2n) is 17.7. The molecule has 2 saturated carbocycles. The molecule has 3 heterocycles. The van der Waals surface area contributed by atoms with Gasteiger partial charge in [0.2, 0.25) is 11.5 Å². The second-order valence-corrected chi connectivity index (χ2v) is 17.7. The first kappa shape index (κ1) is 42.0. The largest absolute Gasteiger partial charge is 0.509 e. The molecule has 4 N–H and O–H groups in total. The smallest absolute Gasteiger partial charge is 0.467 e. The molecule has 59 heavy (non-hydrogen) atoms. The minimum Gasteiger partial charge on any atom is -0.467 e. The molecule has 5 aliphatic rings. The van der Waals surface area contributed by atoms with Crippen LogP contribution in [0.2, 0.25) is 0 Å². The van der Waals surface area contributed by atoms with Crippen LogP contribution in [0.25, 0.3) is 0 Å². The van der Waals surface area contributed by atoms with Crippen molar-refractivity contribution in [2.75, 3.05) is 6.61 Å². The lowest BCUT2D eigenvalue weighted by Gasteiger charge is -2.67. The van der Waals surface area contributed by atoms with E-state index in [0.717, 1.165) is 6.92 Å². The van der Waals surface area contributed by atoms with Gasteiger partial charge in [-0.05, 0) is 49.3 Å². The van der Waals surface area contributed by atoms with Crippen molar-refractivity contribution >= 4 is 35.8 Å². The van der Waals surface area contributed by atoms with Gasteiger partial charge < -0.3 is 53.5 Å². The number of aliphatic hydroxyl groups is 3. The van der Waals surface area contributed by atoms with E-state index in [4.69, 9.17) is 32.8 Å². The summed E-state index contributed by atoms with van der Waals surface area (Å²) in [6.07, 6.45) is -12.5. The van der Waals surface area contributed by atoms with E-state index in [2.05, 4.69) is 5.32 Å². The van der Waals surface area contributed by atoms with Gasteiger partial charge in [-0.15, -0.1) is 0 Å². The number of aliphatic hydroxyl groups excluding tert-OH is 3. The molecule has 2 saturated heterocycles. The summed E-state index contributed by atoms with van der Waals surface area (Å²) in [4.78, 5) is 83.5. The summed E-state index contributed by atoms with van der Waals surface area (Å²) in [6, 6.07) is 9.17. The Balaban J connectivity index is 1.44. The Morgan fingerprint density at radius 2 is 1.66 bits per heavy atom. The lowest BCUT2D eigenvalue weighted by atomic mass is 9.44. The lowest BCUT2D eigenvalue weighted by molar-refractivity contribution is -0.345. The van der Waals surface area contributed by atoms with Crippen molar-refractivity contribution < 1.29 is 76.9 Å². The molecule has 1 amide bonds. The van der Waals surface area contributed by atoms with Crippen molar-refractivity contribution in [3.05, 3.63) is 71.2 Å². The molecular formula is C42H49NO16. The number of hydrogen-bond donors (Lipinski definition) is 4. The fourth-order valence-corrected chi connectivity index (χ4v) is 10.00. The number of fused-ring (bicyclic) bond motifs is 4. The summed E-state index contributed by atoms with van der Waals surface area (Å²) in [7, 11) is 0. The minimum absolute atomic E-state index is 0.00116. The normalized spacial score (nSPS) is 35.4. The van der Waals surface area contributed by atoms with Crippen molar-refractivity contribution in [2.24, 2.45) is 22.2 Å². The predicted molar refractivity (Wildman–Crippen MR) is 199 cm³/mol. The number of benzene rings is 1. The number of carbonyl (C=O) groups is 6. The number of amides is 1. The second kappa shape index (κ2) is 14.3. The molecule has 318 valence electrons. The van der Waals surface area contributed by atoms with Crippen molar-refractivity contribution in [1.29, 1.82) is 0 Å². The Bertz CT molecular complexity index is 2090. The van der Waals surface area contributed by atoms with Gasteiger partial charge in [0.1, 0.15) is 24.0 Å². The summed E-state index contributed by atoms with van der Waals surface area (Å²) < 4.78 is 42.0. The van der Waals surface area contributed by atoms with Crippen LogP contribution in [-0.4, -0.2) is 112 Å². The number of carbonyl (C=O) groups excluding carboxylic acids is 6. The van der Waals surface area contributed by atoms with E-state index in [0.29, 0.717) is 0 Å². The summed E-state index contributed by atoms with van der Waals surface area (Å²) in [5.41, 5.74) is -9.00. The van der Waals surface area contributed by atoms with Crippen LogP contribution in [0.1, 0.15) is 84.0 Å². The third-order valence-electron chi connectivity index (χ3n) is 13.0. The number of nitrogens with one attached hydrogen (secondary N) is 1. The standard InChI is InChI=1S/C42H49NO16/c1-19-25-27(46)31(48)40(8)23(45)17-24-41(18-54-24,58-20(2)44)30(40)33(56-34(49)21-13-10-9-11-14-21)42(39(25,6)7)32(57-37(52)59-42)29(19)55-35(50)28(47)26(22-15-12-16-53-22)43-36(51)38(3,4)5/h9-16,23-24,26-30,32-33,45-47H,17-18H2,1-8H3,(H,43,51)/t23-,24+,26-,27+,28+,29+,30-,32-,33-,40+,41-,42+/m0/s1. The van der Waals surface area contributed by atoms with Crippen LogP contribution in [-0.2, 0) is 47.6 Å². The van der Waals surface area contributed by atoms with E-state index in [-0.39, 0.29) is 35.5 Å². The molecular weight excluding hydrogens is 774 g/mol. The van der Waals surface area contributed by atoms with Crippen LogP contribution in [0.5, 0.6) is 0 Å². The molecule has 4 fully saturated rings. The molecule has 17 heteroatoms. The molecule has 17 nitrogen and oxygen atoms in total. The van der Waals surface area contributed by atoms with Crippen LogP contribution in [0.15, 0.2) is 64.3 Å². The minimum atomic E-state index is -2.34. The monoisotopic (exact) mass is 823 g/mol. The van der Waals surface area contributed by atoms with Gasteiger partial charge in [0.15, 0.2) is 35.8 Å². The highest BCUT2D eigenvalue weighted by molar-refractivity contribution is 5.94. The van der Waals surface area contributed by atoms with E-state index in [1.54, 1.807) is 39.0 Å². The average molecular weight is 824 g/mol. The summed E-state index contributed by atoms with van der Waals surface area (Å²) in [5.74, 6) is -6.24. The van der Waals surface area contributed by atoms with Gasteiger partial charge >= 0.3 is 24.1 Å². The van der Waals surface area contributed by atoms with Crippen LogP contribution >= 0.6 is 0 Å². The zero-order chi connectivity index (χ0) is 43.2. The Morgan fingerprint density at radius 3 is 2.24 bits per heavy atom. The fourth-order valence-electron chi connectivity index (χ4n) is 10.00. The van der Waals surface area contributed by atoms with Gasteiger partial charge in [0.05, 0.1) is 35.9 Å².